The average molecular weight is 241 g/mol. The number of pyridine rings is 1. The van der Waals surface area contributed by atoms with Crippen molar-refractivity contribution in [1.29, 1.82) is 0 Å². The van der Waals surface area contributed by atoms with Crippen LogP contribution in [0.2, 0.25) is 0 Å². The number of anilines is 2. The average Bonchev–Trinajstić information content (AvgIpc) is 2.54. The molecule has 0 aliphatic carbocycles. The number of hydrogen-bond acceptors (Lipinski definition) is 4. The van der Waals surface area contributed by atoms with Crippen LogP contribution in [0.4, 0.5) is 20.3 Å². The number of hydrogen-bond donors (Lipinski definition) is 2. The van der Waals surface area contributed by atoms with E-state index in [1.165, 1.54) is 17.7 Å². The van der Waals surface area contributed by atoms with Crippen LogP contribution in [0.1, 0.15) is 12.7 Å². The van der Waals surface area contributed by atoms with Crippen molar-refractivity contribution in [1.82, 2.24) is 14.5 Å². The number of alkyl halides is 2. The van der Waals surface area contributed by atoms with E-state index >= 15 is 0 Å². The van der Waals surface area contributed by atoms with E-state index in [0.29, 0.717) is 22.7 Å². The van der Waals surface area contributed by atoms with Crippen molar-refractivity contribution < 1.29 is 8.78 Å². The Morgan fingerprint density at radius 2 is 2.06 bits per heavy atom. The number of halogens is 2. The highest BCUT2D eigenvalue weighted by Crippen LogP contribution is 2.30. The molecule has 5 nitrogen and oxygen atoms in total. The largest absolute Gasteiger partial charge is 0.396 e. The maximum atomic E-state index is 13.3. The number of aromatic nitrogens is 3. The summed E-state index contributed by atoms with van der Waals surface area (Å²) in [5.74, 6) is -2.89. The maximum absolute atomic E-state index is 13.3. The summed E-state index contributed by atoms with van der Waals surface area (Å²) in [6.07, 6.45) is 0. The first-order valence-corrected chi connectivity index (χ1v) is 5.03. The van der Waals surface area contributed by atoms with Gasteiger partial charge in [0.05, 0.1) is 5.69 Å². The molecule has 2 heterocycles. The van der Waals surface area contributed by atoms with Gasteiger partial charge in [-0.2, -0.15) is 8.78 Å². The van der Waals surface area contributed by atoms with Crippen molar-refractivity contribution >= 4 is 22.7 Å². The summed E-state index contributed by atoms with van der Waals surface area (Å²) < 4.78 is 27.8. The third-order valence-electron chi connectivity index (χ3n) is 2.50. The molecule has 0 radical (unpaired) electrons. The minimum atomic E-state index is -3.01. The van der Waals surface area contributed by atoms with Crippen LogP contribution in [0.5, 0.6) is 0 Å². The van der Waals surface area contributed by atoms with Crippen molar-refractivity contribution in [2.75, 3.05) is 18.1 Å². The molecule has 0 saturated carbocycles. The molecule has 0 fully saturated rings. The van der Waals surface area contributed by atoms with Crippen LogP contribution in [0.25, 0.3) is 11.2 Å². The molecule has 7 heteroatoms. The minimum Gasteiger partial charge on any atom is -0.396 e. The molecular formula is C10H13F2N5. The Hall–Kier alpha value is -1.92. The number of rotatable bonds is 2. The quantitative estimate of drug-likeness (QED) is 0.839. The van der Waals surface area contributed by atoms with Crippen molar-refractivity contribution in [3.8, 4) is 0 Å². The molecular weight excluding hydrogens is 228 g/mol. The molecule has 2 rings (SSSR count). The van der Waals surface area contributed by atoms with E-state index in [4.69, 9.17) is 5.73 Å². The highest BCUT2D eigenvalue weighted by Gasteiger charge is 2.31. The first-order chi connectivity index (χ1) is 7.84. The van der Waals surface area contributed by atoms with Crippen molar-refractivity contribution in [2.24, 2.45) is 7.05 Å². The highest BCUT2D eigenvalue weighted by atomic mass is 19.3. The van der Waals surface area contributed by atoms with Gasteiger partial charge < -0.3 is 15.6 Å². The van der Waals surface area contributed by atoms with Crippen LogP contribution < -0.4 is 11.1 Å². The highest BCUT2D eigenvalue weighted by molar-refractivity contribution is 5.81. The van der Waals surface area contributed by atoms with E-state index in [9.17, 15) is 8.78 Å². The zero-order chi connectivity index (χ0) is 12.8. The summed E-state index contributed by atoms with van der Waals surface area (Å²) in [7, 11) is 3.17. The molecule has 0 aliphatic heterocycles. The predicted octanol–water partition coefficient (Wildman–Crippen LogP) is 1.70. The summed E-state index contributed by atoms with van der Waals surface area (Å²) >= 11 is 0. The Labute approximate surface area is 96.7 Å². The van der Waals surface area contributed by atoms with Crippen LogP contribution in [-0.4, -0.2) is 21.6 Å². The summed E-state index contributed by atoms with van der Waals surface area (Å²) in [6, 6.07) is 1.53. The third kappa shape index (κ3) is 1.77. The van der Waals surface area contributed by atoms with Gasteiger partial charge >= 0.3 is 5.92 Å². The second-order valence-corrected chi connectivity index (χ2v) is 3.90. The molecule has 0 spiro atoms. The standard InChI is InChI=1S/C10H13F2N5/c1-10(11,12)9-15-6-4-5(13)7(14-2)16-8(6)17(9)3/h4H,13H2,1-3H3,(H,14,16). The van der Waals surface area contributed by atoms with Gasteiger partial charge in [-0.1, -0.05) is 0 Å². The molecule has 0 aliphatic rings. The predicted molar refractivity (Wildman–Crippen MR) is 62.0 cm³/mol. The first kappa shape index (κ1) is 11.6. The summed E-state index contributed by atoms with van der Waals surface area (Å²) in [5, 5.41) is 2.80. The summed E-state index contributed by atoms with van der Waals surface area (Å²) in [6.45, 7) is 0.802. The number of fused-ring (bicyclic) bond motifs is 1. The van der Waals surface area contributed by atoms with E-state index < -0.39 is 5.92 Å². The summed E-state index contributed by atoms with van der Waals surface area (Å²) in [4.78, 5) is 8.02. The van der Waals surface area contributed by atoms with Gasteiger partial charge in [0, 0.05) is 21.0 Å². The lowest BCUT2D eigenvalue weighted by Crippen LogP contribution is -2.14. The molecule has 0 atom stereocenters. The fraction of sp³-hybridized carbons (Fsp3) is 0.400. The lowest BCUT2D eigenvalue weighted by molar-refractivity contribution is 0.00544. The lowest BCUT2D eigenvalue weighted by atomic mass is 10.3. The molecule has 0 bridgehead atoms. The monoisotopic (exact) mass is 241 g/mol. The summed E-state index contributed by atoms with van der Waals surface area (Å²) in [5.41, 5.74) is 6.82. The van der Waals surface area contributed by atoms with Gasteiger partial charge in [0.15, 0.2) is 17.3 Å². The zero-order valence-corrected chi connectivity index (χ0v) is 9.75. The Kier molecular flexibility index (Phi) is 2.41. The topological polar surface area (TPSA) is 68.8 Å². The van der Waals surface area contributed by atoms with E-state index in [2.05, 4.69) is 15.3 Å². The van der Waals surface area contributed by atoms with Crippen molar-refractivity contribution in [2.45, 2.75) is 12.8 Å². The number of nitrogens with zero attached hydrogens (tertiary/aromatic N) is 3. The fourth-order valence-corrected chi connectivity index (χ4v) is 1.72. The Morgan fingerprint density at radius 1 is 1.41 bits per heavy atom. The lowest BCUT2D eigenvalue weighted by Gasteiger charge is -2.09. The molecule has 2 aromatic rings. The molecule has 0 aromatic carbocycles. The van der Waals surface area contributed by atoms with E-state index in [0.717, 1.165) is 6.92 Å². The number of imidazole rings is 1. The van der Waals surface area contributed by atoms with Crippen molar-refractivity contribution in [3.05, 3.63) is 11.9 Å². The van der Waals surface area contributed by atoms with Crippen molar-refractivity contribution in [3.63, 3.8) is 0 Å². The molecule has 0 amide bonds. The first-order valence-electron chi connectivity index (χ1n) is 5.03. The van der Waals surface area contributed by atoms with Crippen LogP contribution >= 0.6 is 0 Å². The maximum Gasteiger partial charge on any atom is 0.302 e. The van der Waals surface area contributed by atoms with E-state index in [1.807, 2.05) is 0 Å². The van der Waals surface area contributed by atoms with Gasteiger partial charge in [0.25, 0.3) is 0 Å². The molecule has 2 aromatic heterocycles. The molecule has 17 heavy (non-hydrogen) atoms. The van der Waals surface area contributed by atoms with Crippen LogP contribution in [0, 0.1) is 0 Å². The van der Waals surface area contributed by atoms with Gasteiger partial charge in [-0.25, -0.2) is 9.97 Å². The number of nitrogen functional groups attached to an aromatic ring is 1. The van der Waals surface area contributed by atoms with Gasteiger partial charge in [-0.05, 0) is 6.07 Å². The zero-order valence-electron chi connectivity index (χ0n) is 9.75. The second kappa shape index (κ2) is 3.54. The Balaban J connectivity index is 2.75. The van der Waals surface area contributed by atoms with Crippen LogP contribution in [0.3, 0.4) is 0 Å². The minimum absolute atomic E-state index is 0.326. The van der Waals surface area contributed by atoms with Gasteiger partial charge in [-0.3, -0.25) is 0 Å². The van der Waals surface area contributed by atoms with Crippen LogP contribution in [-0.2, 0) is 13.0 Å². The van der Waals surface area contributed by atoms with E-state index in [1.54, 1.807) is 7.05 Å². The normalized spacial score (nSPS) is 12.1. The SMILES string of the molecule is CNc1nc2c(cc1N)nc(C(C)(F)F)n2C. The van der Waals surface area contributed by atoms with Gasteiger partial charge in [0.2, 0.25) is 0 Å². The van der Waals surface area contributed by atoms with Gasteiger partial charge in [0.1, 0.15) is 5.52 Å². The Morgan fingerprint density at radius 3 is 2.59 bits per heavy atom. The second-order valence-electron chi connectivity index (χ2n) is 3.90. The molecule has 3 N–H and O–H groups in total. The Bertz CT molecular complexity index is 570. The molecule has 0 unspecified atom stereocenters. The number of nitrogens with one attached hydrogen (secondary N) is 1. The fourth-order valence-electron chi connectivity index (χ4n) is 1.72. The number of aryl methyl sites for hydroxylation is 1. The number of nitrogens with two attached hydrogens (primary N) is 1. The molecule has 0 saturated heterocycles. The molecule has 92 valence electrons. The smallest absolute Gasteiger partial charge is 0.302 e. The van der Waals surface area contributed by atoms with Gasteiger partial charge in [-0.15, -0.1) is 0 Å². The van der Waals surface area contributed by atoms with Crippen LogP contribution in [0.15, 0.2) is 6.07 Å². The van der Waals surface area contributed by atoms with E-state index in [-0.39, 0.29) is 5.82 Å². The third-order valence-corrected chi connectivity index (χ3v) is 2.50.